The molecule has 1 N–H and O–H groups in total. The Hall–Kier alpha value is -2.19. The van der Waals surface area contributed by atoms with Crippen molar-refractivity contribution in [1.82, 2.24) is 24.6 Å². The lowest BCUT2D eigenvalue weighted by Crippen LogP contribution is -2.45. The molecule has 1 aliphatic heterocycles. The third-order valence-electron chi connectivity index (χ3n) is 3.59. The number of amides is 2. The van der Waals surface area contributed by atoms with E-state index >= 15 is 0 Å². The van der Waals surface area contributed by atoms with Crippen LogP contribution in [0.2, 0.25) is 5.02 Å². The highest BCUT2D eigenvalue weighted by Gasteiger charge is 2.28. The molecule has 3 rings (SSSR count). The molecule has 23 heavy (non-hydrogen) atoms. The van der Waals surface area contributed by atoms with E-state index in [0.717, 1.165) is 12.4 Å². The number of carbonyl (C=O) groups excluding carboxylic acids is 1. The van der Waals surface area contributed by atoms with Crippen LogP contribution in [0.25, 0.3) is 0 Å². The number of hydrogen-bond donors (Lipinski definition) is 1. The van der Waals surface area contributed by atoms with Gasteiger partial charge in [0.05, 0.1) is 18.2 Å². The van der Waals surface area contributed by atoms with E-state index in [1.165, 1.54) is 6.20 Å². The quantitative estimate of drug-likeness (QED) is 0.926. The van der Waals surface area contributed by atoms with Gasteiger partial charge in [0.25, 0.3) is 0 Å². The fourth-order valence-corrected chi connectivity index (χ4v) is 2.50. The molecule has 8 nitrogen and oxygen atoms in total. The number of aryl methyl sites for hydroxylation is 1. The number of nitrogens with zero attached hydrogens (tertiary/aromatic N) is 5. The second-order valence-electron chi connectivity index (χ2n) is 5.07. The van der Waals surface area contributed by atoms with Crippen molar-refractivity contribution >= 4 is 23.4 Å². The Morgan fingerprint density at radius 3 is 3.13 bits per heavy atom. The number of halogens is 1. The first-order valence-corrected chi connectivity index (χ1v) is 7.72. The standard InChI is InChI=1S/C14H17ClN6O2/c1-2-20-9-17-19-13(20)11-8-21(5-6-23-11)14(22)18-12-4-3-10(15)7-16-12/h3-4,7,9,11H,2,5-6,8H2,1H3,(H,16,18,22)/t11-/m1/s1. The number of morpholine rings is 1. The normalized spacial score (nSPS) is 18.0. The van der Waals surface area contributed by atoms with Crippen LogP contribution in [0.1, 0.15) is 18.9 Å². The lowest BCUT2D eigenvalue weighted by molar-refractivity contribution is -0.0199. The number of ether oxygens (including phenoxy) is 1. The van der Waals surface area contributed by atoms with Crippen molar-refractivity contribution in [2.45, 2.75) is 19.6 Å². The van der Waals surface area contributed by atoms with E-state index in [-0.39, 0.29) is 12.1 Å². The molecule has 3 heterocycles. The Bertz CT molecular complexity index is 674. The summed E-state index contributed by atoms with van der Waals surface area (Å²) in [5, 5.41) is 11.3. The molecule has 0 spiro atoms. The molecule has 2 amide bonds. The van der Waals surface area contributed by atoms with Gasteiger partial charge in [-0.2, -0.15) is 0 Å². The molecule has 2 aromatic rings. The maximum atomic E-state index is 12.4. The zero-order valence-electron chi connectivity index (χ0n) is 12.6. The number of nitrogens with one attached hydrogen (secondary N) is 1. The van der Waals surface area contributed by atoms with Crippen molar-refractivity contribution in [3.63, 3.8) is 0 Å². The molecule has 0 aromatic carbocycles. The summed E-state index contributed by atoms with van der Waals surface area (Å²) in [5.41, 5.74) is 0. The molecule has 2 aromatic heterocycles. The van der Waals surface area contributed by atoms with Gasteiger partial charge < -0.3 is 14.2 Å². The molecule has 122 valence electrons. The first kappa shape index (κ1) is 15.7. The first-order valence-electron chi connectivity index (χ1n) is 7.34. The second-order valence-corrected chi connectivity index (χ2v) is 5.51. The van der Waals surface area contributed by atoms with E-state index < -0.39 is 0 Å². The van der Waals surface area contributed by atoms with Crippen molar-refractivity contribution in [1.29, 1.82) is 0 Å². The highest BCUT2D eigenvalue weighted by atomic mass is 35.5. The van der Waals surface area contributed by atoms with Crippen LogP contribution in [-0.4, -0.2) is 50.4 Å². The summed E-state index contributed by atoms with van der Waals surface area (Å²) >= 11 is 5.78. The van der Waals surface area contributed by atoms with Gasteiger partial charge in [0.2, 0.25) is 0 Å². The van der Waals surface area contributed by atoms with Crippen LogP contribution >= 0.6 is 11.6 Å². The Kier molecular flexibility index (Phi) is 4.73. The summed E-state index contributed by atoms with van der Waals surface area (Å²) in [7, 11) is 0. The fourth-order valence-electron chi connectivity index (χ4n) is 2.39. The summed E-state index contributed by atoms with van der Waals surface area (Å²) in [4.78, 5) is 18.1. The van der Waals surface area contributed by atoms with Crippen molar-refractivity contribution in [2.75, 3.05) is 25.0 Å². The minimum Gasteiger partial charge on any atom is -0.366 e. The summed E-state index contributed by atoms with van der Waals surface area (Å²) < 4.78 is 7.64. The molecule has 1 atom stereocenters. The molecule has 0 saturated carbocycles. The third kappa shape index (κ3) is 3.59. The van der Waals surface area contributed by atoms with Crippen LogP contribution in [0.5, 0.6) is 0 Å². The van der Waals surface area contributed by atoms with E-state index in [0.29, 0.717) is 30.5 Å². The number of aromatic nitrogens is 4. The Morgan fingerprint density at radius 2 is 2.39 bits per heavy atom. The Balaban J connectivity index is 1.66. The van der Waals surface area contributed by atoms with Gasteiger partial charge in [-0.3, -0.25) is 5.32 Å². The van der Waals surface area contributed by atoms with Gasteiger partial charge in [0.15, 0.2) is 5.82 Å². The zero-order valence-corrected chi connectivity index (χ0v) is 13.4. The first-order chi connectivity index (χ1) is 11.2. The molecule has 9 heteroatoms. The molecule has 1 fully saturated rings. The average Bonchev–Trinajstić information content (AvgIpc) is 3.06. The van der Waals surface area contributed by atoms with Crippen LogP contribution in [0.3, 0.4) is 0 Å². The van der Waals surface area contributed by atoms with Crippen LogP contribution in [0.15, 0.2) is 24.7 Å². The smallest absolute Gasteiger partial charge is 0.323 e. The average molecular weight is 337 g/mol. The van der Waals surface area contributed by atoms with Gasteiger partial charge in [0, 0.05) is 19.3 Å². The van der Waals surface area contributed by atoms with Crippen molar-refractivity contribution in [3.8, 4) is 0 Å². The fraction of sp³-hybridized carbons (Fsp3) is 0.429. The van der Waals surface area contributed by atoms with Crippen molar-refractivity contribution in [2.24, 2.45) is 0 Å². The number of anilines is 1. The van der Waals surface area contributed by atoms with Crippen molar-refractivity contribution < 1.29 is 9.53 Å². The van der Waals surface area contributed by atoms with Gasteiger partial charge >= 0.3 is 6.03 Å². The van der Waals surface area contributed by atoms with Gasteiger partial charge in [0.1, 0.15) is 18.2 Å². The van der Waals surface area contributed by atoms with Crippen LogP contribution in [-0.2, 0) is 11.3 Å². The van der Waals surface area contributed by atoms with Gasteiger partial charge in [-0.25, -0.2) is 9.78 Å². The van der Waals surface area contributed by atoms with E-state index in [1.807, 2.05) is 11.5 Å². The zero-order chi connectivity index (χ0) is 16.2. The maximum Gasteiger partial charge on any atom is 0.323 e. The Labute approximate surface area is 138 Å². The van der Waals surface area contributed by atoms with Crippen LogP contribution in [0, 0.1) is 0 Å². The number of carbonyl (C=O) groups is 1. The topological polar surface area (TPSA) is 85.2 Å². The predicted molar refractivity (Wildman–Crippen MR) is 84.2 cm³/mol. The highest BCUT2D eigenvalue weighted by Crippen LogP contribution is 2.21. The van der Waals surface area contributed by atoms with E-state index in [4.69, 9.17) is 16.3 Å². The van der Waals surface area contributed by atoms with Gasteiger partial charge in [-0.05, 0) is 19.1 Å². The molecular weight excluding hydrogens is 320 g/mol. The predicted octanol–water partition coefficient (Wildman–Crippen LogP) is 1.95. The van der Waals surface area contributed by atoms with E-state index in [2.05, 4.69) is 20.5 Å². The Morgan fingerprint density at radius 1 is 1.52 bits per heavy atom. The SMILES string of the molecule is CCn1cnnc1[C@H]1CN(C(=O)Nc2ccc(Cl)cn2)CCO1. The molecule has 0 unspecified atom stereocenters. The molecule has 0 bridgehead atoms. The minimum absolute atomic E-state index is 0.226. The number of urea groups is 1. The summed E-state index contributed by atoms with van der Waals surface area (Å²) in [6.45, 7) is 4.13. The highest BCUT2D eigenvalue weighted by molar-refractivity contribution is 6.30. The lowest BCUT2D eigenvalue weighted by Gasteiger charge is -2.32. The number of pyridine rings is 1. The minimum atomic E-state index is -0.282. The van der Waals surface area contributed by atoms with E-state index in [1.54, 1.807) is 23.4 Å². The van der Waals surface area contributed by atoms with Crippen molar-refractivity contribution in [3.05, 3.63) is 35.5 Å². The summed E-state index contributed by atoms with van der Waals surface area (Å²) in [6, 6.07) is 3.11. The van der Waals surface area contributed by atoms with Gasteiger partial charge in [-0.15, -0.1) is 10.2 Å². The molecule has 1 aliphatic rings. The summed E-state index contributed by atoms with van der Waals surface area (Å²) in [5.74, 6) is 1.19. The summed E-state index contributed by atoms with van der Waals surface area (Å²) in [6.07, 6.45) is 2.87. The monoisotopic (exact) mass is 336 g/mol. The van der Waals surface area contributed by atoms with Gasteiger partial charge in [-0.1, -0.05) is 11.6 Å². The number of hydrogen-bond acceptors (Lipinski definition) is 5. The van der Waals surface area contributed by atoms with Crippen LogP contribution in [0.4, 0.5) is 10.6 Å². The second kappa shape index (κ2) is 6.93. The van der Waals surface area contributed by atoms with Crippen LogP contribution < -0.4 is 5.32 Å². The largest absolute Gasteiger partial charge is 0.366 e. The molecule has 1 saturated heterocycles. The number of rotatable bonds is 3. The van der Waals surface area contributed by atoms with E-state index in [9.17, 15) is 4.79 Å². The maximum absolute atomic E-state index is 12.4. The third-order valence-corrected chi connectivity index (χ3v) is 3.81. The molecular formula is C14H17ClN6O2. The lowest BCUT2D eigenvalue weighted by atomic mass is 10.2. The molecule has 0 aliphatic carbocycles. The molecule has 0 radical (unpaired) electrons.